The van der Waals surface area contributed by atoms with E-state index < -0.39 is 16.0 Å². The molecule has 1 amide bonds. The summed E-state index contributed by atoms with van der Waals surface area (Å²) >= 11 is 0. The second-order valence-corrected chi connectivity index (χ2v) is 7.69. The maximum Gasteiger partial charge on any atom is 0.339 e. The van der Waals surface area contributed by atoms with E-state index in [2.05, 4.69) is 5.32 Å². The van der Waals surface area contributed by atoms with E-state index >= 15 is 0 Å². The number of amides is 1. The number of nitrogens with one attached hydrogen (secondary N) is 1. The normalized spacial score (nSPS) is 11.0. The van der Waals surface area contributed by atoms with Gasteiger partial charge in [0.2, 0.25) is 0 Å². The molecule has 0 spiro atoms. The number of hydrogen-bond acceptors (Lipinski definition) is 4. The Labute approximate surface area is 158 Å². The van der Waals surface area contributed by atoms with Gasteiger partial charge in [-0.3, -0.25) is 4.79 Å². The summed E-state index contributed by atoms with van der Waals surface area (Å²) in [5.41, 5.74) is 2.81. The molecule has 138 valence electrons. The van der Waals surface area contributed by atoms with Crippen LogP contribution in [0.2, 0.25) is 0 Å². The van der Waals surface area contributed by atoms with Gasteiger partial charge >= 0.3 is 10.1 Å². The van der Waals surface area contributed by atoms with E-state index in [1.807, 2.05) is 32.0 Å². The Hall–Kier alpha value is -3.12. The van der Waals surface area contributed by atoms with Crippen molar-refractivity contribution >= 4 is 21.7 Å². The van der Waals surface area contributed by atoms with Gasteiger partial charge in [0.05, 0.1) is 0 Å². The average molecular weight is 381 g/mol. The smallest absolute Gasteiger partial charge is 0.339 e. The summed E-state index contributed by atoms with van der Waals surface area (Å²) in [5.74, 6) is -0.174. The summed E-state index contributed by atoms with van der Waals surface area (Å²) in [5, 5.41) is 2.79. The van der Waals surface area contributed by atoms with Crippen molar-refractivity contribution in [2.24, 2.45) is 0 Å². The maximum absolute atomic E-state index is 12.5. The molecule has 6 heteroatoms. The standard InChI is InChI=1S/C21H19NO4S/c1-15-10-12-18(13-11-15)26-27(24,25)19-8-5-7-17(14-19)21(23)22-20-9-4-3-6-16(20)2/h3-14H,1-2H3,(H,22,23). The Bertz CT molecular complexity index is 1070. The third-order valence-electron chi connectivity index (χ3n) is 4.01. The van der Waals surface area contributed by atoms with E-state index in [0.717, 1.165) is 11.1 Å². The molecule has 0 unspecified atom stereocenters. The van der Waals surface area contributed by atoms with Crippen LogP contribution in [0.25, 0.3) is 0 Å². The van der Waals surface area contributed by atoms with Gasteiger partial charge in [0, 0.05) is 11.3 Å². The van der Waals surface area contributed by atoms with Crippen molar-refractivity contribution in [3.05, 3.63) is 89.5 Å². The largest absolute Gasteiger partial charge is 0.379 e. The fraction of sp³-hybridized carbons (Fsp3) is 0.0952. The van der Waals surface area contributed by atoms with Crippen LogP contribution < -0.4 is 9.50 Å². The van der Waals surface area contributed by atoms with Crippen LogP contribution >= 0.6 is 0 Å². The van der Waals surface area contributed by atoms with Crippen LogP contribution in [-0.2, 0) is 10.1 Å². The Morgan fingerprint density at radius 3 is 2.30 bits per heavy atom. The molecule has 0 radical (unpaired) electrons. The molecule has 1 N–H and O–H groups in total. The van der Waals surface area contributed by atoms with Crippen molar-refractivity contribution in [3.63, 3.8) is 0 Å². The summed E-state index contributed by atoms with van der Waals surface area (Å²) in [6.45, 7) is 3.78. The maximum atomic E-state index is 12.5. The summed E-state index contributed by atoms with van der Waals surface area (Å²) in [6, 6.07) is 19.8. The van der Waals surface area contributed by atoms with Crippen molar-refractivity contribution in [1.82, 2.24) is 0 Å². The van der Waals surface area contributed by atoms with Crippen LogP contribution in [0.1, 0.15) is 21.5 Å². The highest BCUT2D eigenvalue weighted by atomic mass is 32.2. The number of carbonyl (C=O) groups excluding carboxylic acids is 1. The quantitative estimate of drug-likeness (QED) is 0.668. The molecule has 3 aromatic carbocycles. The van der Waals surface area contributed by atoms with Gasteiger partial charge in [0.15, 0.2) is 0 Å². The first-order valence-corrected chi connectivity index (χ1v) is 9.74. The minimum absolute atomic E-state index is 0.0829. The van der Waals surface area contributed by atoms with E-state index in [1.54, 1.807) is 36.4 Å². The fourth-order valence-corrected chi connectivity index (χ4v) is 3.45. The van der Waals surface area contributed by atoms with E-state index in [0.29, 0.717) is 5.69 Å². The van der Waals surface area contributed by atoms with Gasteiger partial charge in [-0.25, -0.2) is 0 Å². The third kappa shape index (κ3) is 4.54. The Morgan fingerprint density at radius 2 is 1.59 bits per heavy atom. The first-order valence-electron chi connectivity index (χ1n) is 8.33. The lowest BCUT2D eigenvalue weighted by Gasteiger charge is -2.10. The van der Waals surface area contributed by atoms with Crippen LogP contribution in [0.15, 0.2) is 77.7 Å². The summed E-state index contributed by atoms with van der Waals surface area (Å²) < 4.78 is 30.2. The predicted molar refractivity (Wildman–Crippen MR) is 105 cm³/mol. The molecular weight excluding hydrogens is 362 g/mol. The lowest BCUT2D eigenvalue weighted by atomic mass is 10.1. The van der Waals surface area contributed by atoms with Gasteiger partial charge in [-0.05, 0) is 55.8 Å². The number of carbonyl (C=O) groups is 1. The number of benzene rings is 3. The van der Waals surface area contributed by atoms with Crippen LogP contribution in [0.3, 0.4) is 0 Å². The molecule has 0 fully saturated rings. The van der Waals surface area contributed by atoms with Crippen LogP contribution in [0.5, 0.6) is 5.75 Å². The van der Waals surface area contributed by atoms with Gasteiger partial charge < -0.3 is 9.50 Å². The molecule has 0 aliphatic heterocycles. The molecule has 3 rings (SSSR count). The lowest BCUT2D eigenvalue weighted by Crippen LogP contribution is -2.15. The highest BCUT2D eigenvalue weighted by Crippen LogP contribution is 2.21. The third-order valence-corrected chi connectivity index (χ3v) is 5.25. The second-order valence-electron chi connectivity index (χ2n) is 6.15. The minimum atomic E-state index is -4.04. The fourth-order valence-electron chi connectivity index (χ4n) is 2.47. The van der Waals surface area contributed by atoms with E-state index in [-0.39, 0.29) is 16.2 Å². The topological polar surface area (TPSA) is 72.5 Å². The zero-order valence-electron chi connectivity index (χ0n) is 15.0. The van der Waals surface area contributed by atoms with Gasteiger partial charge in [-0.15, -0.1) is 0 Å². The number of aryl methyl sites for hydroxylation is 2. The molecule has 0 saturated carbocycles. The highest BCUT2D eigenvalue weighted by Gasteiger charge is 2.19. The summed E-state index contributed by atoms with van der Waals surface area (Å²) in [7, 11) is -4.04. The van der Waals surface area contributed by atoms with Crippen molar-refractivity contribution in [1.29, 1.82) is 0 Å². The van der Waals surface area contributed by atoms with Crippen molar-refractivity contribution in [2.45, 2.75) is 18.7 Å². The van der Waals surface area contributed by atoms with Gasteiger partial charge in [-0.1, -0.05) is 42.0 Å². The molecule has 0 bridgehead atoms. The minimum Gasteiger partial charge on any atom is -0.379 e. The molecule has 0 aliphatic rings. The molecule has 0 atom stereocenters. The molecule has 3 aromatic rings. The van der Waals surface area contributed by atoms with Gasteiger partial charge in [0.25, 0.3) is 5.91 Å². The second kappa shape index (κ2) is 7.63. The summed E-state index contributed by atoms with van der Waals surface area (Å²) in [4.78, 5) is 12.4. The van der Waals surface area contributed by atoms with Gasteiger partial charge in [0.1, 0.15) is 10.6 Å². The molecule has 0 heterocycles. The lowest BCUT2D eigenvalue weighted by molar-refractivity contribution is 0.102. The van der Waals surface area contributed by atoms with E-state index in [1.165, 1.54) is 18.2 Å². The van der Waals surface area contributed by atoms with Gasteiger partial charge in [-0.2, -0.15) is 8.42 Å². The summed E-state index contributed by atoms with van der Waals surface area (Å²) in [6.07, 6.45) is 0. The first kappa shape index (κ1) is 18.7. The molecule has 27 heavy (non-hydrogen) atoms. The van der Waals surface area contributed by atoms with Crippen LogP contribution in [-0.4, -0.2) is 14.3 Å². The molecule has 0 saturated heterocycles. The van der Waals surface area contributed by atoms with Crippen molar-refractivity contribution < 1.29 is 17.4 Å². The number of rotatable bonds is 5. The van der Waals surface area contributed by atoms with Crippen molar-refractivity contribution in [2.75, 3.05) is 5.32 Å². The first-order chi connectivity index (χ1) is 12.8. The predicted octanol–water partition coefficient (Wildman–Crippen LogP) is 4.32. The average Bonchev–Trinajstić information content (AvgIpc) is 2.65. The zero-order valence-corrected chi connectivity index (χ0v) is 15.8. The monoisotopic (exact) mass is 381 g/mol. The molecule has 5 nitrogen and oxygen atoms in total. The molecular formula is C21H19NO4S. The van der Waals surface area contributed by atoms with Crippen LogP contribution in [0, 0.1) is 13.8 Å². The zero-order chi connectivity index (χ0) is 19.4. The molecule has 0 aromatic heterocycles. The Morgan fingerprint density at radius 1 is 0.889 bits per heavy atom. The van der Waals surface area contributed by atoms with Crippen molar-refractivity contribution in [3.8, 4) is 5.75 Å². The molecule has 0 aliphatic carbocycles. The van der Waals surface area contributed by atoms with E-state index in [9.17, 15) is 13.2 Å². The Kier molecular flexibility index (Phi) is 5.28. The number of hydrogen-bond donors (Lipinski definition) is 1. The van der Waals surface area contributed by atoms with Crippen LogP contribution in [0.4, 0.5) is 5.69 Å². The number of para-hydroxylation sites is 1. The highest BCUT2D eigenvalue weighted by molar-refractivity contribution is 7.87. The number of anilines is 1. The SMILES string of the molecule is Cc1ccc(OS(=O)(=O)c2cccc(C(=O)Nc3ccccc3C)c2)cc1. The van der Waals surface area contributed by atoms with E-state index in [4.69, 9.17) is 4.18 Å². The Balaban J connectivity index is 1.83.